The molecule has 0 saturated heterocycles. The van der Waals surface area contributed by atoms with Gasteiger partial charge in [-0.25, -0.2) is 0 Å². The summed E-state index contributed by atoms with van der Waals surface area (Å²) in [6.45, 7) is 7.78. The molecule has 2 rings (SSSR count). The summed E-state index contributed by atoms with van der Waals surface area (Å²) in [5.41, 5.74) is 2.89. The minimum atomic E-state index is 0.787. The van der Waals surface area contributed by atoms with Crippen LogP contribution in [0.1, 0.15) is 50.7 Å². The van der Waals surface area contributed by atoms with Gasteiger partial charge in [-0.2, -0.15) is 0 Å². The van der Waals surface area contributed by atoms with E-state index in [9.17, 15) is 0 Å². The van der Waals surface area contributed by atoms with E-state index in [1.165, 1.54) is 36.8 Å². The van der Waals surface area contributed by atoms with Crippen LogP contribution in [-0.2, 0) is 13.0 Å². The van der Waals surface area contributed by atoms with Crippen molar-refractivity contribution in [3.05, 3.63) is 35.4 Å². The molecular weight excluding hydrogens is 256 g/mol. The van der Waals surface area contributed by atoms with Gasteiger partial charge in [0.2, 0.25) is 0 Å². The first-order valence-corrected chi connectivity index (χ1v) is 8.67. The van der Waals surface area contributed by atoms with Gasteiger partial charge < -0.3 is 5.32 Å². The van der Waals surface area contributed by atoms with Crippen molar-refractivity contribution in [2.45, 2.75) is 58.5 Å². The van der Waals surface area contributed by atoms with Gasteiger partial charge >= 0.3 is 0 Å². The fourth-order valence-corrected chi connectivity index (χ4v) is 3.32. The summed E-state index contributed by atoms with van der Waals surface area (Å²) in [6, 6.07) is 9.99. The first-order chi connectivity index (χ1) is 10.2. The van der Waals surface area contributed by atoms with E-state index < -0.39 is 0 Å². The molecule has 21 heavy (non-hydrogen) atoms. The van der Waals surface area contributed by atoms with Crippen molar-refractivity contribution in [1.82, 2.24) is 10.2 Å². The Bertz CT molecular complexity index is 391. The van der Waals surface area contributed by atoms with E-state index in [0.717, 1.165) is 38.0 Å². The van der Waals surface area contributed by atoms with Gasteiger partial charge in [0.15, 0.2) is 0 Å². The van der Waals surface area contributed by atoms with Crippen LogP contribution >= 0.6 is 0 Å². The van der Waals surface area contributed by atoms with Crippen LogP contribution in [0.2, 0.25) is 0 Å². The monoisotopic (exact) mass is 288 g/mol. The molecule has 1 N–H and O–H groups in total. The van der Waals surface area contributed by atoms with E-state index in [4.69, 9.17) is 0 Å². The van der Waals surface area contributed by atoms with Gasteiger partial charge in [0, 0.05) is 12.6 Å². The molecule has 118 valence electrons. The van der Waals surface area contributed by atoms with Crippen LogP contribution in [0, 0.1) is 5.92 Å². The standard InChI is InChI=1S/C19H32N2/c1-4-20-14-13-17-7-9-18(10-8-17)15-21(3)19-11-5-16(2)6-12-19/h7-10,16,19-20H,4-6,11-15H2,1-3H3. The van der Waals surface area contributed by atoms with E-state index in [1.54, 1.807) is 0 Å². The van der Waals surface area contributed by atoms with Crippen LogP contribution in [-0.4, -0.2) is 31.1 Å². The lowest BCUT2D eigenvalue weighted by Crippen LogP contribution is -2.34. The Hall–Kier alpha value is -0.860. The van der Waals surface area contributed by atoms with Crippen molar-refractivity contribution < 1.29 is 0 Å². The van der Waals surface area contributed by atoms with E-state index in [-0.39, 0.29) is 0 Å². The average molecular weight is 288 g/mol. The van der Waals surface area contributed by atoms with Crippen molar-refractivity contribution in [1.29, 1.82) is 0 Å². The second kappa shape index (κ2) is 8.55. The first-order valence-electron chi connectivity index (χ1n) is 8.67. The molecule has 1 aromatic carbocycles. The van der Waals surface area contributed by atoms with Crippen molar-refractivity contribution in [3.63, 3.8) is 0 Å². The predicted octanol–water partition coefficient (Wildman–Crippen LogP) is 3.85. The van der Waals surface area contributed by atoms with E-state index in [0.29, 0.717) is 0 Å². The van der Waals surface area contributed by atoms with Gasteiger partial charge in [0.1, 0.15) is 0 Å². The fourth-order valence-electron chi connectivity index (χ4n) is 3.32. The van der Waals surface area contributed by atoms with Gasteiger partial charge in [-0.15, -0.1) is 0 Å². The zero-order valence-corrected chi connectivity index (χ0v) is 14.1. The summed E-state index contributed by atoms with van der Waals surface area (Å²) in [7, 11) is 2.29. The van der Waals surface area contributed by atoms with Gasteiger partial charge in [-0.1, -0.05) is 38.1 Å². The van der Waals surface area contributed by atoms with Crippen LogP contribution in [0.5, 0.6) is 0 Å². The molecule has 1 aliphatic rings. The number of hydrogen-bond donors (Lipinski definition) is 1. The topological polar surface area (TPSA) is 15.3 Å². The van der Waals surface area contributed by atoms with Crippen molar-refractivity contribution in [3.8, 4) is 0 Å². The second-order valence-corrected chi connectivity index (χ2v) is 6.75. The number of nitrogens with zero attached hydrogens (tertiary/aromatic N) is 1. The van der Waals surface area contributed by atoms with Crippen molar-refractivity contribution in [2.75, 3.05) is 20.1 Å². The molecular formula is C19H32N2. The van der Waals surface area contributed by atoms with Crippen LogP contribution < -0.4 is 5.32 Å². The highest BCUT2D eigenvalue weighted by molar-refractivity contribution is 5.22. The van der Waals surface area contributed by atoms with Crippen LogP contribution in [0.25, 0.3) is 0 Å². The number of rotatable bonds is 7. The Morgan fingerprint density at radius 1 is 1.05 bits per heavy atom. The highest BCUT2D eigenvalue weighted by Crippen LogP contribution is 2.27. The van der Waals surface area contributed by atoms with Gasteiger partial charge in [-0.3, -0.25) is 4.90 Å². The lowest BCUT2D eigenvalue weighted by atomic mass is 9.86. The lowest BCUT2D eigenvalue weighted by Gasteiger charge is -2.33. The van der Waals surface area contributed by atoms with Crippen LogP contribution in [0.15, 0.2) is 24.3 Å². The molecule has 1 fully saturated rings. The molecule has 2 nitrogen and oxygen atoms in total. The maximum Gasteiger partial charge on any atom is 0.0233 e. The number of nitrogens with one attached hydrogen (secondary N) is 1. The summed E-state index contributed by atoms with van der Waals surface area (Å²) in [4.78, 5) is 2.56. The van der Waals surface area contributed by atoms with Gasteiger partial charge in [-0.05, 0) is 69.3 Å². The highest BCUT2D eigenvalue weighted by atomic mass is 15.1. The Balaban J connectivity index is 1.79. The maximum absolute atomic E-state index is 3.38. The van der Waals surface area contributed by atoms with Crippen molar-refractivity contribution >= 4 is 0 Å². The maximum atomic E-state index is 3.38. The molecule has 0 radical (unpaired) electrons. The Morgan fingerprint density at radius 2 is 1.67 bits per heavy atom. The molecule has 0 amide bonds. The summed E-state index contributed by atoms with van der Waals surface area (Å²) < 4.78 is 0. The summed E-state index contributed by atoms with van der Waals surface area (Å²) in [5, 5.41) is 3.38. The zero-order valence-electron chi connectivity index (χ0n) is 14.1. The Morgan fingerprint density at radius 3 is 2.29 bits per heavy atom. The van der Waals surface area contributed by atoms with Gasteiger partial charge in [0.05, 0.1) is 0 Å². The van der Waals surface area contributed by atoms with Gasteiger partial charge in [0.25, 0.3) is 0 Å². The molecule has 0 spiro atoms. The third-order valence-electron chi connectivity index (χ3n) is 4.90. The molecule has 0 atom stereocenters. The van der Waals surface area contributed by atoms with E-state index in [1.807, 2.05) is 0 Å². The Kier molecular flexibility index (Phi) is 6.72. The minimum absolute atomic E-state index is 0.787. The molecule has 0 bridgehead atoms. The summed E-state index contributed by atoms with van der Waals surface area (Å²) in [5.74, 6) is 0.936. The van der Waals surface area contributed by atoms with Crippen molar-refractivity contribution in [2.24, 2.45) is 5.92 Å². The third-order valence-corrected chi connectivity index (χ3v) is 4.90. The largest absolute Gasteiger partial charge is 0.317 e. The SMILES string of the molecule is CCNCCc1ccc(CN(C)C2CCC(C)CC2)cc1. The number of benzene rings is 1. The quantitative estimate of drug-likeness (QED) is 0.767. The minimum Gasteiger partial charge on any atom is -0.317 e. The second-order valence-electron chi connectivity index (χ2n) is 6.75. The molecule has 2 heteroatoms. The van der Waals surface area contributed by atoms with Crippen LogP contribution in [0.4, 0.5) is 0 Å². The smallest absolute Gasteiger partial charge is 0.0233 e. The molecule has 0 aromatic heterocycles. The van der Waals surface area contributed by atoms with E-state index >= 15 is 0 Å². The lowest BCUT2D eigenvalue weighted by molar-refractivity contribution is 0.164. The molecule has 0 heterocycles. The first kappa shape index (κ1) is 16.5. The average Bonchev–Trinajstić information content (AvgIpc) is 2.50. The molecule has 0 aliphatic heterocycles. The number of hydrogen-bond acceptors (Lipinski definition) is 2. The highest BCUT2D eigenvalue weighted by Gasteiger charge is 2.21. The fraction of sp³-hybridized carbons (Fsp3) is 0.684. The number of likely N-dealkylation sites (N-methyl/N-ethyl adjacent to an activating group) is 1. The third kappa shape index (κ3) is 5.44. The summed E-state index contributed by atoms with van der Waals surface area (Å²) >= 11 is 0. The van der Waals surface area contributed by atoms with E-state index in [2.05, 4.69) is 55.4 Å². The molecule has 1 saturated carbocycles. The Labute approximate surface area is 130 Å². The molecule has 0 unspecified atom stereocenters. The zero-order chi connectivity index (χ0) is 15.1. The molecule has 1 aliphatic carbocycles. The predicted molar refractivity (Wildman–Crippen MR) is 91.6 cm³/mol. The summed E-state index contributed by atoms with van der Waals surface area (Å²) in [6.07, 6.45) is 6.68. The van der Waals surface area contributed by atoms with Crippen LogP contribution in [0.3, 0.4) is 0 Å². The normalized spacial score (nSPS) is 22.7. The molecule has 1 aromatic rings.